The minimum absolute atomic E-state index is 0.0461. The zero-order valence-electron chi connectivity index (χ0n) is 15.0. The van der Waals surface area contributed by atoms with Crippen molar-refractivity contribution in [1.29, 1.82) is 0 Å². The second kappa shape index (κ2) is 8.81. The Morgan fingerprint density at radius 2 is 2.07 bits per heavy atom. The highest BCUT2D eigenvalue weighted by Crippen LogP contribution is 2.26. The van der Waals surface area contributed by atoms with Crippen LogP contribution in [0.4, 0.5) is 15.0 Å². The summed E-state index contributed by atoms with van der Waals surface area (Å²) in [6.07, 6.45) is 1.51. The molecular formula is C18H21FN4O5. The number of aliphatic hydroxyl groups is 2. The SMILES string of the molecule is O=C(O)N1CCN(c2nc(OCc3ccncc3F)ccc2CO)[C@@H](CO)C1. The van der Waals surface area contributed by atoms with E-state index in [0.717, 1.165) is 6.20 Å². The van der Waals surface area contributed by atoms with Crippen LogP contribution in [0.15, 0.2) is 30.6 Å². The van der Waals surface area contributed by atoms with Crippen LogP contribution >= 0.6 is 0 Å². The van der Waals surface area contributed by atoms with Crippen molar-refractivity contribution in [2.75, 3.05) is 31.1 Å². The highest BCUT2D eigenvalue weighted by molar-refractivity contribution is 5.66. The molecule has 0 aliphatic carbocycles. The van der Waals surface area contributed by atoms with Gasteiger partial charge in [0, 0.05) is 43.0 Å². The van der Waals surface area contributed by atoms with Gasteiger partial charge in [-0.1, -0.05) is 0 Å². The number of carboxylic acid groups (broad SMARTS) is 1. The molecule has 1 aliphatic rings. The fourth-order valence-corrected chi connectivity index (χ4v) is 3.05. The van der Waals surface area contributed by atoms with E-state index in [1.807, 2.05) is 0 Å². The molecule has 1 saturated heterocycles. The normalized spacial score (nSPS) is 16.9. The summed E-state index contributed by atoms with van der Waals surface area (Å²) in [5.74, 6) is 0.139. The number of halogens is 1. The summed E-state index contributed by atoms with van der Waals surface area (Å²) in [4.78, 5) is 22.3. The van der Waals surface area contributed by atoms with Crippen LogP contribution in [-0.4, -0.2) is 68.6 Å². The zero-order chi connectivity index (χ0) is 20.1. The topological polar surface area (TPSA) is 119 Å². The summed E-state index contributed by atoms with van der Waals surface area (Å²) in [5.41, 5.74) is 0.845. The fraction of sp³-hybridized carbons (Fsp3) is 0.389. The van der Waals surface area contributed by atoms with E-state index in [0.29, 0.717) is 23.5 Å². The molecule has 3 heterocycles. The van der Waals surface area contributed by atoms with Gasteiger partial charge in [0.1, 0.15) is 18.2 Å². The molecule has 1 atom stereocenters. The lowest BCUT2D eigenvalue weighted by molar-refractivity contribution is 0.124. The van der Waals surface area contributed by atoms with E-state index in [-0.39, 0.29) is 38.8 Å². The Morgan fingerprint density at radius 3 is 2.75 bits per heavy atom. The molecule has 1 amide bonds. The van der Waals surface area contributed by atoms with Crippen LogP contribution in [-0.2, 0) is 13.2 Å². The summed E-state index contributed by atoms with van der Waals surface area (Å²) in [7, 11) is 0. The first-order valence-electron chi connectivity index (χ1n) is 8.70. The molecule has 3 rings (SSSR count). The monoisotopic (exact) mass is 392 g/mol. The van der Waals surface area contributed by atoms with E-state index in [1.54, 1.807) is 17.0 Å². The molecular weight excluding hydrogens is 371 g/mol. The lowest BCUT2D eigenvalue weighted by atomic mass is 10.1. The van der Waals surface area contributed by atoms with Gasteiger partial charge in [-0.25, -0.2) is 9.18 Å². The van der Waals surface area contributed by atoms with Crippen molar-refractivity contribution in [2.24, 2.45) is 0 Å². The molecule has 0 saturated carbocycles. The van der Waals surface area contributed by atoms with Crippen LogP contribution in [0.3, 0.4) is 0 Å². The number of rotatable bonds is 6. The van der Waals surface area contributed by atoms with Gasteiger partial charge in [-0.15, -0.1) is 0 Å². The maximum atomic E-state index is 13.7. The molecule has 0 spiro atoms. The van der Waals surface area contributed by atoms with Crippen LogP contribution in [0.5, 0.6) is 5.88 Å². The number of aromatic nitrogens is 2. The van der Waals surface area contributed by atoms with Crippen molar-refractivity contribution in [2.45, 2.75) is 19.3 Å². The number of ether oxygens (including phenoxy) is 1. The van der Waals surface area contributed by atoms with Gasteiger partial charge in [0.15, 0.2) is 0 Å². The van der Waals surface area contributed by atoms with E-state index in [2.05, 4.69) is 9.97 Å². The summed E-state index contributed by atoms with van der Waals surface area (Å²) in [6, 6.07) is 4.20. The van der Waals surface area contributed by atoms with Crippen LogP contribution in [0.1, 0.15) is 11.1 Å². The number of carbonyl (C=O) groups is 1. The minimum Gasteiger partial charge on any atom is -0.473 e. The average molecular weight is 392 g/mol. The van der Waals surface area contributed by atoms with Gasteiger partial charge < -0.3 is 29.9 Å². The van der Waals surface area contributed by atoms with Crippen LogP contribution in [0.2, 0.25) is 0 Å². The molecule has 1 fully saturated rings. The molecule has 10 heteroatoms. The van der Waals surface area contributed by atoms with Gasteiger partial charge in [0.05, 0.1) is 25.5 Å². The number of anilines is 1. The smallest absolute Gasteiger partial charge is 0.407 e. The Hall–Kier alpha value is -2.98. The summed E-state index contributed by atoms with van der Waals surface area (Å²) in [5, 5.41) is 28.5. The van der Waals surface area contributed by atoms with E-state index in [4.69, 9.17) is 9.84 Å². The van der Waals surface area contributed by atoms with Crippen molar-refractivity contribution in [3.8, 4) is 5.88 Å². The molecule has 0 radical (unpaired) electrons. The van der Waals surface area contributed by atoms with Crippen LogP contribution < -0.4 is 9.64 Å². The number of aliphatic hydroxyl groups excluding tert-OH is 2. The van der Waals surface area contributed by atoms with Gasteiger partial charge in [-0.3, -0.25) is 4.98 Å². The molecule has 0 unspecified atom stereocenters. The second-order valence-electron chi connectivity index (χ2n) is 6.30. The number of nitrogens with zero attached hydrogens (tertiary/aromatic N) is 4. The maximum absolute atomic E-state index is 13.7. The van der Waals surface area contributed by atoms with E-state index < -0.39 is 18.0 Å². The number of hydrogen-bond donors (Lipinski definition) is 3. The fourth-order valence-electron chi connectivity index (χ4n) is 3.05. The molecule has 150 valence electrons. The Balaban J connectivity index is 1.81. The number of hydrogen-bond acceptors (Lipinski definition) is 7. The first-order valence-corrected chi connectivity index (χ1v) is 8.70. The third kappa shape index (κ3) is 4.29. The average Bonchev–Trinajstić information content (AvgIpc) is 2.72. The number of pyridine rings is 2. The first kappa shape index (κ1) is 19.8. The van der Waals surface area contributed by atoms with Crippen molar-refractivity contribution >= 4 is 11.9 Å². The van der Waals surface area contributed by atoms with E-state index in [9.17, 15) is 19.4 Å². The molecule has 9 nitrogen and oxygen atoms in total. The first-order chi connectivity index (χ1) is 13.5. The van der Waals surface area contributed by atoms with Gasteiger partial charge in [0.25, 0.3) is 0 Å². The molecule has 0 aromatic carbocycles. The Labute approximate surface area is 160 Å². The van der Waals surface area contributed by atoms with E-state index >= 15 is 0 Å². The van der Waals surface area contributed by atoms with Crippen molar-refractivity contribution in [3.05, 3.63) is 47.5 Å². The Bertz CT molecular complexity index is 837. The molecule has 0 bridgehead atoms. The maximum Gasteiger partial charge on any atom is 0.407 e. The van der Waals surface area contributed by atoms with Gasteiger partial charge in [0.2, 0.25) is 5.88 Å². The predicted molar refractivity (Wildman–Crippen MR) is 96.5 cm³/mol. The molecule has 2 aromatic heterocycles. The zero-order valence-corrected chi connectivity index (χ0v) is 15.0. The predicted octanol–water partition coefficient (Wildman–Crippen LogP) is 0.848. The minimum atomic E-state index is -1.05. The second-order valence-corrected chi connectivity index (χ2v) is 6.30. The number of piperazine rings is 1. The largest absolute Gasteiger partial charge is 0.473 e. The standard InChI is InChI=1S/C18H21FN4O5/c19-15-7-20-4-3-13(15)11-28-16-2-1-12(9-24)17(21-16)23-6-5-22(18(26)27)8-14(23)10-25/h1-4,7,14,24-25H,5-6,8-11H2,(H,26,27)/t14-/m1/s1. The molecule has 1 aliphatic heterocycles. The van der Waals surface area contributed by atoms with Crippen LogP contribution in [0, 0.1) is 5.82 Å². The highest BCUT2D eigenvalue weighted by atomic mass is 19.1. The quantitative estimate of drug-likeness (QED) is 0.662. The van der Waals surface area contributed by atoms with Crippen molar-refractivity contribution in [3.63, 3.8) is 0 Å². The van der Waals surface area contributed by atoms with E-state index in [1.165, 1.54) is 17.2 Å². The summed E-state index contributed by atoms with van der Waals surface area (Å²) >= 11 is 0. The lowest BCUT2D eigenvalue weighted by Gasteiger charge is -2.40. The van der Waals surface area contributed by atoms with Crippen molar-refractivity contribution in [1.82, 2.24) is 14.9 Å². The highest BCUT2D eigenvalue weighted by Gasteiger charge is 2.31. The number of amides is 1. The third-order valence-corrected chi connectivity index (χ3v) is 4.57. The summed E-state index contributed by atoms with van der Waals surface area (Å²) in [6.45, 7) is 0.0648. The third-order valence-electron chi connectivity index (χ3n) is 4.57. The molecule has 3 N–H and O–H groups in total. The molecule has 28 heavy (non-hydrogen) atoms. The van der Waals surface area contributed by atoms with Gasteiger partial charge in [-0.05, 0) is 12.1 Å². The Kier molecular flexibility index (Phi) is 6.22. The van der Waals surface area contributed by atoms with Crippen LogP contribution in [0.25, 0.3) is 0 Å². The van der Waals surface area contributed by atoms with Crippen molar-refractivity contribution < 1.29 is 29.2 Å². The lowest BCUT2D eigenvalue weighted by Crippen LogP contribution is -2.56. The van der Waals surface area contributed by atoms with Gasteiger partial charge in [-0.2, -0.15) is 4.98 Å². The Morgan fingerprint density at radius 1 is 1.25 bits per heavy atom. The summed E-state index contributed by atoms with van der Waals surface area (Å²) < 4.78 is 19.3. The van der Waals surface area contributed by atoms with Gasteiger partial charge >= 0.3 is 6.09 Å². The molecule has 2 aromatic rings.